The van der Waals surface area contributed by atoms with Gasteiger partial charge in [0, 0.05) is 62.4 Å². The van der Waals surface area contributed by atoms with Crippen molar-refractivity contribution in [3.63, 3.8) is 0 Å². The van der Waals surface area contributed by atoms with E-state index in [1.807, 2.05) is 49.9 Å². The zero-order chi connectivity index (χ0) is 30.7. The topological polar surface area (TPSA) is 58.0 Å². The molecular weight excluding hydrogens is 566 g/mol. The van der Waals surface area contributed by atoms with Crippen LogP contribution in [0.4, 0.5) is 20.7 Å². The summed E-state index contributed by atoms with van der Waals surface area (Å²) in [5.41, 5.74) is 5.14. The maximum atomic E-state index is 13.1. The van der Waals surface area contributed by atoms with E-state index in [9.17, 15) is 8.78 Å². The quantitative estimate of drug-likeness (QED) is 0.208. The number of nitrogens with zero attached hydrogens (tertiary/aromatic N) is 6. The zero-order valence-corrected chi connectivity index (χ0v) is 25.8. The monoisotopic (exact) mass is 612 g/mol. The normalized spacial score (nSPS) is 15.9. The number of aromatic nitrogens is 4. The van der Waals surface area contributed by atoms with Crippen molar-refractivity contribution in [2.75, 3.05) is 36.0 Å². The van der Waals surface area contributed by atoms with Crippen LogP contribution in [0.15, 0.2) is 79.4 Å². The van der Waals surface area contributed by atoms with E-state index < -0.39 is 0 Å². The standard InChI is InChI=1S/C18H22FN3.C18H20FN3.CH4/c2*1-2-17(14-6-8-16(19)9-7-14)15-12-20-18(21-13-15)22-10-4-3-5-11-22;/h6-9,12-13,17H,2-5,10-11H2,1H3;2,6-9,12-13H,3-5,10-11H2,1H3;1H4/b;17-2+;. The molecule has 2 saturated heterocycles. The van der Waals surface area contributed by atoms with Gasteiger partial charge in [-0.15, -0.1) is 0 Å². The highest BCUT2D eigenvalue weighted by atomic mass is 19.1. The highest BCUT2D eigenvalue weighted by Gasteiger charge is 2.17. The van der Waals surface area contributed by atoms with Gasteiger partial charge in [-0.05, 0) is 98.4 Å². The predicted octanol–water partition coefficient (Wildman–Crippen LogP) is 8.84. The third-order valence-corrected chi connectivity index (χ3v) is 8.41. The molecule has 0 aliphatic carbocycles. The van der Waals surface area contributed by atoms with Gasteiger partial charge in [0.05, 0.1) is 0 Å². The summed E-state index contributed by atoms with van der Waals surface area (Å²) < 4.78 is 26.2. The summed E-state index contributed by atoms with van der Waals surface area (Å²) in [4.78, 5) is 22.6. The largest absolute Gasteiger partial charge is 0.341 e. The molecule has 0 saturated carbocycles. The summed E-state index contributed by atoms with van der Waals surface area (Å²) in [7, 11) is 0. The maximum Gasteiger partial charge on any atom is 0.225 e. The average Bonchev–Trinajstić information content (AvgIpc) is 3.09. The maximum absolute atomic E-state index is 13.1. The molecule has 1 unspecified atom stereocenters. The van der Waals surface area contributed by atoms with Gasteiger partial charge in [-0.3, -0.25) is 0 Å². The third kappa shape index (κ3) is 8.93. The van der Waals surface area contributed by atoms with Crippen LogP contribution in [0.5, 0.6) is 0 Å². The van der Waals surface area contributed by atoms with E-state index in [1.54, 1.807) is 12.1 Å². The SMILES string of the molecule is C.C/C=C(\c1ccc(F)cc1)c1cnc(N2CCCCC2)nc1.CCC(c1ccc(F)cc1)c1cnc(N2CCCCC2)nc1. The highest BCUT2D eigenvalue weighted by molar-refractivity contribution is 5.79. The van der Waals surface area contributed by atoms with E-state index in [4.69, 9.17) is 0 Å². The average molecular weight is 613 g/mol. The van der Waals surface area contributed by atoms with Crippen molar-refractivity contribution in [1.29, 1.82) is 0 Å². The Kier molecular flexibility index (Phi) is 12.5. The number of hydrogen-bond acceptors (Lipinski definition) is 6. The first-order valence-electron chi connectivity index (χ1n) is 15.9. The van der Waals surface area contributed by atoms with Gasteiger partial charge in [-0.1, -0.05) is 44.7 Å². The molecule has 2 fully saturated rings. The second kappa shape index (κ2) is 16.8. The summed E-state index contributed by atoms with van der Waals surface area (Å²) in [6, 6.07) is 13.2. The number of rotatable bonds is 7. The fraction of sp³-hybridized carbons (Fsp3) is 0.405. The van der Waals surface area contributed by atoms with Crippen LogP contribution in [0.2, 0.25) is 0 Å². The lowest BCUT2D eigenvalue weighted by atomic mass is 9.91. The molecule has 8 heteroatoms. The van der Waals surface area contributed by atoms with E-state index in [0.29, 0.717) is 0 Å². The van der Waals surface area contributed by atoms with Crippen molar-refractivity contribution in [3.05, 3.63) is 113 Å². The lowest BCUT2D eigenvalue weighted by Crippen LogP contribution is -2.30. The van der Waals surface area contributed by atoms with Gasteiger partial charge in [0.15, 0.2) is 0 Å². The molecule has 45 heavy (non-hydrogen) atoms. The van der Waals surface area contributed by atoms with Gasteiger partial charge < -0.3 is 9.80 Å². The molecule has 2 aliphatic rings. The van der Waals surface area contributed by atoms with Crippen LogP contribution in [0.1, 0.15) is 94.4 Å². The summed E-state index contributed by atoms with van der Waals surface area (Å²) in [6.45, 7) is 8.27. The van der Waals surface area contributed by atoms with E-state index >= 15 is 0 Å². The molecule has 6 rings (SSSR count). The fourth-order valence-electron chi connectivity index (χ4n) is 5.97. The minimum atomic E-state index is -0.226. The Morgan fingerprint density at radius 2 is 1.09 bits per heavy atom. The van der Waals surface area contributed by atoms with Crippen molar-refractivity contribution in [2.24, 2.45) is 0 Å². The Morgan fingerprint density at radius 1 is 0.644 bits per heavy atom. The Hall–Kier alpha value is -4.20. The first-order chi connectivity index (χ1) is 21.6. The first kappa shape index (κ1) is 33.7. The molecule has 2 aromatic carbocycles. The number of hydrogen-bond donors (Lipinski definition) is 0. The smallest absolute Gasteiger partial charge is 0.225 e. The summed E-state index contributed by atoms with van der Waals surface area (Å²) in [5.74, 6) is 1.43. The fourth-order valence-corrected chi connectivity index (χ4v) is 5.97. The third-order valence-electron chi connectivity index (χ3n) is 8.41. The van der Waals surface area contributed by atoms with Crippen molar-refractivity contribution in [3.8, 4) is 0 Å². The number of anilines is 2. The van der Waals surface area contributed by atoms with Crippen LogP contribution in [-0.4, -0.2) is 46.1 Å². The minimum absolute atomic E-state index is 0. The lowest BCUT2D eigenvalue weighted by molar-refractivity contribution is 0.567. The van der Waals surface area contributed by atoms with Gasteiger partial charge in [-0.25, -0.2) is 28.7 Å². The Bertz CT molecular complexity index is 1460. The molecular formula is C37H46F2N6. The highest BCUT2D eigenvalue weighted by Crippen LogP contribution is 2.28. The van der Waals surface area contributed by atoms with Crippen molar-refractivity contribution in [1.82, 2.24) is 19.9 Å². The summed E-state index contributed by atoms with van der Waals surface area (Å²) in [5, 5.41) is 0. The van der Waals surface area contributed by atoms with Crippen LogP contribution in [0.25, 0.3) is 5.57 Å². The second-order valence-electron chi connectivity index (χ2n) is 11.4. The molecule has 6 nitrogen and oxygen atoms in total. The molecule has 0 N–H and O–H groups in total. The van der Waals surface area contributed by atoms with Crippen molar-refractivity contribution in [2.45, 2.75) is 72.1 Å². The Morgan fingerprint density at radius 3 is 1.53 bits per heavy atom. The van der Waals surface area contributed by atoms with E-state index in [1.165, 1.54) is 62.8 Å². The Balaban J connectivity index is 0.000000200. The molecule has 1 atom stereocenters. The summed E-state index contributed by atoms with van der Waals surface area (Å²) in [6.07, 6.45) is 18.0. The summed E-state index contributed by atoms with van der Waals surface area (Å²) >= 11 is 0. The number of allylic oxidation sites excluding steroid dienone is 1. The molecule has 4 heterocycles. The van der Waals surface area contributed by atoms with Gasteiger partial charge in [0.2, 0.25) is 11.9 Å². The molecule has 4 aromatic rings. The van der Waals surface area contributed by atoms with Gasteiger partial charge in [0.25, 0.3) is 0 Å². The second-order valence-corrected chi connectivity index (χ2v) is 11.4. The van der Waals surface area contributed by atoms with E-state index in [2.05, 4.69) is 36.7 Å². The first-order valence-corrected chi connectivity index (χ1v) is 15.9. The molecule has 238 valence electrons. The molecule has 0 amide bonds. The lowest BCUT2D eigenvalue weighted by Gasteiger charge is -2.26. The van der Waals surface area contributed by atoms with Crippen LogP contribution in [-0.2, 0) is 0 Å². The predicted molar refractivity (Wildman–Crippen MR) is 181 cm³/mol. The number of benzene rings is 2. The molecule has 2 aliphatic heterocycles. The van der Waals surface area contributed by atoms with Gasteiger partial charge in [0.1, 0.15) is 11.6 Å². The minimum Gasteiger partial charge on any atom is -0.341 e. The zero-order valence-electron chi connectivity index (χ0n) is 25.8. The van der Waals surface area contributed by atoms with Gasteiger partial charge in [-0.2, -0.15) is 0 Å². The molecule has 0 radical (unpaired) electrons. The van der Waals surface area contributed by atoms with E-state index in [-0.39, 0.29) is 25.0 Å². The van der Waals surface area contributed by atoms with E-state index in [0.717, 1.165) is 72.3 Å². The van der Waals surface area contributed by atoms with Gasteiger partial charge >= 0.3 is 0 Å². The van der Waals surface area contributed by atoms with Crippen LogP contribution >= 0.6 is 0 Å². The van der Waals surface area contributed by atoms with Crippen LogP contribution in [0, 0.1) is 11.6 Å². The molecule has 2 aromatic heterocycles. The van der Waals surface area contributed by atoms with Crippen LogP contribution in [0.3, 0.4) is 0 Å². The number of halogens is 2. The van der Waals surface area contributed by atoms with Crippen molar-refractivity contribution >= 4 is 17.5 Å². The Labute approximate surface area is 267 Å². The van der Waals surface area contributed by atoms with Crippen LogP contribution < -0.4 is 9.80 Å². The van der Waals surface area contributed by atoms with Crippen molar-refractivity contribution < 1.29 is 8.78 Å². The number of piperidine rings is 2. The molecule has 0 spiro atoms. The molecule has 0 bridgehead atoms.